The molecule has 2 atom stereocenters. The van der Waals surface area contributed by atoms with Gasteiger partial charge >= 0.3 is 0 Å². The first-order valence-corrected chi connectivity index (χ1v) is 9.49. The van der Waals surface area contributed by atoms with E-state index in [1.807, 2.05) is 18.4 Å². The molecule has 3 rings (SSSR count). The number of anilines is 2. The van der Waals surface area contributed by atoms with Gasteiger partial charge < -0.3 is 15.4 Å². The van der Waals surface area contributed by atoms with Crippen molar-refractivity contribution in [2.24, 2.45) is 0 Å². The lowest BCUT2D eigenvalue weighted by atomic mass is 10.2. The van der Waals surface area contributed by atoms with Crippen molar-refractivity contribution >= 4 is 34.5 Å². The van der Waals surface area contributed by atoms with E-state index in [0.29, 0.717) is 29.4 Å². The highest BCUT2D eigenvalue weighted by molar-refractivity contribution is 7.12. The molecule has 6 nitrogen and oxygen atoms in total. The van der Waals surface area contributed by atoms with Crippen LogP contribution in [-0.4, -0.2) is 48.6 Å². The average Bonchev–Trinajstić information content (AvgIpc) is 3.14. The van der Waals surface area contributed by atoms with Gasteiger partial charge in [-0.05, 0) is 49.6 Å². The predicted molar refractivity (Wildman–Crippen MR) is 104 cm³/mol. The van der Waals surface area contributed by atoms with Crippen LogP contribution in [0, 0.1) is 0 Å². The molecule has 26 heavy (non-hydrogen) atoms. The Kier molecular flexibility index (Phi) is 6.03. The molecule has 1 aromatic heterocycles. The lowest BCUT2D eigenvalue weighted by Gasteiger charge is -2.36. The van der Waals surface area contributed by atoms with Gasteiger partial charge in [0.15, 0.2) is 0 Å². The Morgan fingerprint density at radius 3 is 2.50 bits per heavy atom. The molecule has 7 heteroatoms. The third-order valence-corrected chi connectivity index (χ3v) is 5.12. The zero-order valence-electron chi connectivity index (χ0n) is 14.9. The number of amides is 2. The summed E-state index contributed by atoms with van der Waals surface area (Å²) in [5.41, 5.74) is 1.40. The van der Waals surface area contributed by atoms with Crippen LogP contribution < -0.4 is 10.6 Å². The quantitative estimate of drug-likeness (QED) is 0.845. The summed E-state index contributed by atoms with van der Waals surface area (Å²) < 4.78 is 5.58. The molecule has 138 valence electrons. The number of carbonyl (C=O) groups excluding carboxylic acids is 2. The third kappa shape index (κ3) is 4.91. The second kappa shape index (κ2) is 8.44. The summed E-state index contributed by atoms with van der Waals surface area (Å²) in [6.45, 7) is 5.81. The van der Waals surface area contributed by atoms with E-state index in [4.69, 9.17) is 4.74 Å². The molecular formula is C19H23N3O3S. The van der Waals surface area contributed by atoms with Gasteiger partial charge in [-0.25, -0.2) is 0 Å². The molecule has 2 N–H and O–H groups in total. The van der Waals surface area contributed by atoms with Crippen LogP contribution in [-0.2, 0) is 9.53 Å². The SMILES string of the molecule is C[C@@H]1CO[C@@H](C)CN1CC(=O)Nc1ccc(NC(=O)c2cccs2)cc1. The van der Waals surface area contributed by atoms with Gasteiger partial charge in [0.2, 0.25) is 5.91 Å². The van der Waals surface area contributed by atoms with Gasteiger partial charge in [0, 0.05) is 24.0 Å². The van der Waals surface area contributed by atoms with Crippen molar-refractivity contribution in [3.05, 3.63) is 46.7 Å². The van der Waals surface area contributed by atoms with E-state index in [-0.39, 0.29) is 24.0 Å². The first kappa shape index (κ1) is 18.6. The highest BCUT2D eigenvalue weighted by Gasteiger charge is 2.25. The van der Waals surface area contributed by atoms with Gasteiger partial charge in [-0.15, -0.1) is 11.3 Å². The largest absolute Gasteiger partial charge is 0.376 e. The maximum atomic E-state index is 12.3. The molecule has 0 aliphatic carbocycles. The molecule has 2 aromatic rings. The number of rotatable bonds is 5. The molecule has 0 saturated carbocycles. The molecule has 1 fully saturated rings. The van der Waals surface area contributed by atoms with Gasteiger partial charge in [-0.2, -0.15) is 0 Å². The number of thiophene rings is 1. The van der Waals surface area contributed by atoms with E-state index in [2.05, 4.69) is 22.5 Å². The van der Waals surface area contributed by atoms with Crippen molar-refractivity contribution in [2.45, 2.75) is 26.0 Å². The average molecular weight is 373 g/mol. The van der Waals surface area contributed by atoms with Crippen molar-refractivity contribution in [2.75, 3.05) is 30.3 Å². The molecule has 1 aliphatic rings. The predicted octanol–water partition coefficient (Wildman–Crippen LogP) is 3.05. The zero-order valence-corrected chi connectivity index (χ0v) is 15.7. The van der Waals surface area contributed by atoms with Crippen LogP contribution in [0.5, 0.6) is 0 Å². The lowest BCUT2D eigenvalue weighted by Crippen LogP contribution is -2.50. The number of carbonyl (C=O) groups is 2. The summed E-state index contributed by atoms with van der Waals surface area (Å²) in [5.74, 6) is -0.187. The van der Waals surface area contributed by atoms with Crippen LogP contribution in [0.25, 0.3) is 0 Å². The van der Waals surface area contributed by atoms with Gasteiger partial charge in [-0.1, -0.05) is 6.07 Å². The highest BCUT2D eigenvalue weighted by Crippen LogP contribution is 2.17. The van der Waals surface area contributed by atoms with Crippen LogP contribution in [0.2, 0.25) is 0 Å². The fourth-order valence-corrected chi connectivity index (χ4v) is 3.43. The number of hydrogen-bond donors (Lipinski definition) is 2. The fourth-order valence-electron chi connectivity index (χ4n) is 2.81. The molecule has 0 radical (unpaired) electrons. The van der Waals surface area contributed by atoms with Gasteiger partial charge in [-0.3, -0.25) is 14.5 Å². The Bertz CT molecular complexity index is 746. The van der Waals surface area contributed by atoms with Crippen molar-refractivity contribution in [3.8, 4) is 0 Å². The first-order chi connectivity index (χ1) is 12.5. The van der Waals surface area contributed by atoms with Crippen LogP contribution >= 0.6 is 11.3 Å². The molecule has 2 heterocycles. The minimum absolute atomic E-state index is 0.0543. The van der Waals surface area contributed by atoms with Gasteiger partial charge in [0.05, 0.1) is 24.1 Å². The van der Waals surface area contributed by atoms with Crippen LogP contribution in [0.4, 0.5) is 11.4 Å². The summed E-state index contributed by atoms with van der Waals surface area (Å²) in [6, 6.07) is 11.0. The molecule has 1 aliphatic heterocycles. The van der Waals surface area contributed by atoms with Crippen molar-refractivity contribution in [1.82, 2.24) is 4.90 Å². The first-order valence-electron chi connectivity index (χ1n) is 8.61. The molecule has 0 unspecified atom stereocenters. The van der Waals surface area contributed by atoms with Crippen LogP contribution in [0.3, 0.4) is 0 Å². The monoisotopic (exact) mass is 373 g/mol. The summed E-state index contributed by atoms with van der Waals surface area (Å²) in [4.78, 5) is 27.1. The van der Waals surface area contributed by atoms with E-state index < -0.39 is 0 Å². The summed E-state index contributed by atoms with van der Waals surface area (Å²) in [5, 5.41) is 7.60. The molecule has 0 bridgehead atoms. The maximum absolute atomic E-state index is 12.3. The normalized spacial score (nSPS) is 20.5. The van der Waals surface area contributed by atoms with Crippen LogP contribution in [0.15, 0.2) is 41.8 Å². The van der Waals surface area contributed by atoms with Crippen LogP contribution in [0.1, 0.15) is 23.5 Å². The number of nitrogens with zero attached hydrogens (tertiary/aromatic N) is 1. The second-order valence-corrected chi connectivity index (χ2v) is 7.43. The maximum Gasteiger partial charge on any atom is 0.265 e. The topological polar surface area (TPSA) is 70.7 Å². The Balaban J connectivity index is 1.52. The summed E-state index contributed by atoms with van der Waals surface area (Å²) in [6.07, 6.45) is 0.144. The molecule has 1 aromatic carbocycles. The molecule has 0 spiro atoms. The van der Waals surface area contributed by atoms with Gasteiger partial charge in [0.25, 0.3) is 5.91 Å². The van der Waals surface area contributed by atoms with Gasteiger partial charge in [0.1, 0.15) is 0 Å². The number of hydrogen-bond acceptors (Lipinski definition) is 5. The summed E-state index contributed by atoms with van der Waals surface area (Å²) in [7, 11) is 0. The Morgan fingerprint density at radius 2 is 1.85 bits per heavy atom. The Hall–Kier alpha value is -2.22. The van der Waals surface area contributed by atoms with E-state index in [0.717, 1.165) is 6.54 Å². The van der Waals surface area contributed by atoms with Crippen molar-refractivity contribution in [1.29, 1.82) is 0 Å². The Morgan fingerprint density at radius 1 is 1.15 bits per heavy atom. The lowest BCUT2D eigenvalue weighted by molar-refractivity contribution is -0.121. The molecular weight excluding hydrogens is 350 g/mol. The van der Waals surface area contributed by atoms with Crippen molar-refractivity contribution < 1.29 is 14.3 Å². The molecule has 1 saturated heterocycles. The number of nitrogens with one attached hydrogen (secondary N) is 2. The van der Waals surface area contributed by atoms with Crippen molar-refractivity contribution in [3.63, 3.8) is 0 Å². The number of benzene rings is 1. The number of ether oxygens (including phenoxy) is 1. The smallest absolute Gasteiger partial charge is 0.265 e. The molecule has 2 amide bonds. The Labute approximate surface area is 157 Å². The minimum Gasteiger partial charge on any atom is -0.376 e. The van der Waals surface area contributed by atoms with E-state index in [9.17, 15) is 9.59 Å². The van der Waals surface area contributed by atoms with E-state index in [1.54, 1.807) is 30.3 Å². The van der Waals surface area contributed by atoms with E-state index >= 15 is 0 Å². The summed E-state index contributed by atoms with van der Waals surface area (Å²) >= 11 is 1.40. The standard InChI is InChI=1S/C19H23N3O3S/c1-13-12-25-14(2)10-22(13)11-18(23)20-15-5-7-16(8-6-15)21-19(24)17-4-3-9-26-17/h3-9,13-14H,10-12H2,1-2H3,(H,20,23)(H,21,24)/t13-,14+/m1/s1. The zero-order chi connectivity index (χ0) is 18.5. The number of morpholine rings is 1. The fraction of sp³-hybridized carbons (Fsp3) is 0.368. The van der Waals surface area contributed by atoms with E-state index in [1.165, 1.54) is 11.3 Å². The third-order valence-electron chi connectivity index (χ3n) is 4.26. The second-order valence-electron chi connectivity index (χ2n) is 6.48. The minimum atomic E-state index is -0.132. The highest BCUT2D eigenvalue weighted by atomic mass is 32.1.